The molecule has 1 aliphatic heterocycles. The lowest BCUT2D eigenvalue weighted by molar-refractivity contribution is 0.0322. The summed E-state index contributed by atoms with van der Waals surface area (Å²) in [6, 6.07) is 5.61. The summed E-state index contributed by atoms with van der Waals surface area (Å²) in [5.41, 5.74) is 5.17. The topological polar surface area (TPSA) is 74.3 Å². The van der Waals surface area contributed by atoms with Crippen LogP contribution in [0.25, 0.3) is 6.08 Å². The van der Waals surface area contributed by atoms with Crippen molar-refractivity contribution in [2.45, 2.75) is 54.6 Å². The van der Waals surface area contributed by atoms with Crippen LogP contribution >= 0.6 is 12.4 Å². The minimum atomic E-state index is -0.374. The fourth-order valence-corrected chi connectivity index (χ4v) is 4.71. The molecule has 0 atom stereocenters. The van der Waals surface area contributed by atoms with E-state index < -0.39 is 0 Å². The molecule has 1 heterocycles. The van der Waals surface area contributed by atoms with E-state index in [1.807, 2.05) is 59.7 Å². The number of allylic oxidation sites excluding steroid dienone is 1. The Kier molecular flexibility index (Phi) is 12.5. The molecule has 3 rings (SSSR count). The standard InChI is InChI=1S/C31H41NO6.ClH/c1-8-36-31(34)28-21(4)17-25(30(24(28)7)38-20(2)3)9-10-27(33)26-18-22(5)29(23(6)19-26)37-16-13-32-11-14-35-15-12-32;/h9-10,17-20H,8,11-16H2,1-7H3;1H. The third kappa shape index (κ3) is 8.56. The van der Waals surface area contributed by atoms with Crippen LogP contribution in [0.5, 0.6) is 11.5 Å². The molecular formula is C31H42ClNO6. The first-order valence-electron chi connectivity index (χ1n) is 13.4. The van der Waals surface area contributed by atoms with Crippen molar-refractivity contribution < 1.29 is 28.5 Å². The molecule has 214 valence electrons. The molecular weight excluding hydrogens is 518 g/mol. The average Bonchev–Trinajstić information content (AvgIpc) is 2.86. The van der Waals surface area contributed by atoms with E-state index in [0.717, 1.165) is 60.9 Å². The van der Waals surface area contributed by atoms with E-state index in [1.54, 1.807) is 19.1 Å². The highest BCUT2D eigenvalue weighted by Gasteiger charge is 2.21. The van der Waals surface area contributed by atoms with Gasteiger partial charge in [0.25, 0.3) is 0 Å². The number of ether oxygens (including phenoxy) is 4. The number of ketones is 1. The van der Waals surface area contributed by atoms with Crippen molar-refractivity contribution in [1.82, 2.24) is 4.90 Å². The van der Waals surface area contributed by atoms with Crippen LogP contribution in [0.4, 0.5) is 0 Å². The number of rotatable bonds is 11. The normalized spacial score (nSPS) is 13.8. The number of aryl methyl sites for hydroxylation is 3. The van der Waals surface area contributed by atoms with Crippen LogP contribution in [0.2, 0.25) is 0 Å². The van der Waals surface area contributed by atoms with Gasteiger partial charge in [0.1, 0.15) is 18.1 Å². The van der Waals surface area contributed by atoms with Crippen molar-refractivity contribution in [3.8, 4) is 11.5 Å². The number of benzene rings is 2. The molecule has 7 nitrogen and oxygen atoms in total. The second-order valence-corrected chi connectivity index (χ2v) is 9.94. The molecule has 1 fully saturated rings. The highest BCUT2D eigenvalue weighted by atomic mass is 35.5. The first kappa shape index (κ1) is 32.3. The van der Waals surface area contributed by atoms with Crippen LogP contribution in [0.3, 0.4) is 0 Å². The summed E-state index contributed by atoms with van der Waals surface area (Å²) in [4.78, 5) is 28.0. The lowest BCUT2D eigenvalue weighted by atomic mass is 9.96. The first-order chi connectivity index (χ1) is 18.1. The fourth-order valence-electron chi connectivity index (χ4n) is 4.71. The van der Waals surface area contributed by atoms with E-state index in [-0.39, 0.29) is 30.3 Å². The Morgan fingerprint density at radius 2 is 1.64 bits per heavy atom. The van der Waals surface area contributed by atoms with Crippen LogP contribution in [-0.4, -0.2) is 68.8 Å². The third-order valence-electron chi connectivity index (χ3n) is 6.49. The Labute approximate surface area is 238 Å². The molecule has 39 heavy (non-hydrogen) atoms. The number of carbonyl (C=O) groups is 2. The molecule has 1 aliphatic rings. The number of esters is 1. The van der Waals surface area contributed by atoms with Gasteiger partial charge in [0.05, 0.1) is 31.5 Å². The van der Waals surface area contributed by atoms with Crippen molar-refractivity contribution >= 4 is 30.2 Å². The van der Waals surface area contributed by atoms with Crippen molar-refractivity contribution in [2.75, 3.05) is 46.1 Å². The van der Waals surface area contributed by atoms with E-state index in [9.17, 15) is 9.59 Å². The highest BCUT2D eigenvalue weighted by molar-refractivity contribution is 6.07. The minimum absolute atomic E-state index is 0. The molecule has 0 amide bonds. The number of hydrogen-bond donors (Lipinski definition) is 0. The van der Waals surface area contributed by atoms with Gasteiger partial charge >= 0.3 is 5.97 Å². The summed E-state index contributed by atoms with van der Waals surface area (Å²) >= 11 is 0. The first-order valence-corrected chi connectivity index (χ1v) is 13.4. The Hall–Kier alpha value is -2.87. The van der Waals surface area contributed by atoms with Crippen LogP contribution in [-0.2, 0) is 9.47 Å². The van der Waals surface area contributed by atoms with Crippen LogP contribution < -0.4 is 9.47 Å². The number of hydrogen-bond acceptors (Lipinski definition) is 7. The number of halogens is 1. The van der Waals surface area contributed by atoms with Gasteiger partial charge in [-0.3, -0.25) is 9.69 Å². The summed E-state index contributed by atoms with van der Waals surface area (Å²) in [7, 11) is 0. The van der Waals surface area contributed by atoms with Gasteiger partial charge in [0.2, 0.25) is 0 Å². The number of nitrogens with zero attached hydrogens (tertiary/aromatic N) is 1. The van der Waals surface area contributed by atoms with E-state index in [0.29, 0.717) is 35.7 Å². The molecule has 0 spiro atoms. The van der Waals surface area contributed by atoms with Gasteiger partial charge in [-0.05, 0) is 95.5 Å². The minimum Gasteiger partial charge on any atom is -0.492 e. The van der Waals surface area contributed by atoms with Gasteiger partial charge in [-0.2, -0.15) is 0 Å². The van der Waals surface area contributed by atoms with Gasteiger partial charge in [-0.15, -0.1) is 12.4 Å². The molecule has 0 unspecified atom stereocenters. The summed E-state index contributed by atoms with van der Waals surface area (Å²) < 4.78 is 22.8. The second kappa shape index (κ2) is 15.1. The predicted molar refractivity (Wildman–Crippen MR) is 157 cm³/mol. The lowest BCUT2D eigenvalue weighted by Crippen LogP contribution is -2.38. The molecule has 0 saturated carbocycles. The Morgan fingerprint density at radius 1 is 1.00 bits per heavy atom. The lowest BCUT2D eigenvalue weighted by Gasteiger charge is -2.26. The third-order valence-corrected chi connectivity index (χ3v) is 6.49. The van der Waals surface area contributed by atoms with E-state index in [4.69, 9.17) is 18.9 Å². The largest absolute Gasteiger partial charge is 0.492 e. The molecule has 2 aromatic carbocycles. The molecule has 2 aromatic rings. The Morgan fingerprint density at radius 3 is 2.23 bits per heavy atom. The molecule has 8 heteroatoms. The van der Waals surface area contributed by atoms with Crippen LogP contribution in [0.15, 0.2) is 24.3 Å². The maximum Gasteiger partial charge on any atom is 0.338 e. The molecule has 0 aliphatic carbocycles. The summed E-state index contributed by atoms with van der Waals surface area (Å²) in [6.07, 6.45) is 3.21. The highest BCUT2D eigenvalue weighted by Crippen LogP contribution is 2.32. The summed E-state index contributed by atoms with van der Waals surface area (Å²) in [5.74, 6) is 0.915. The van der Waals surface area contributed by atoms with Crippen molar-refractivity contribution in [2.24, 2.45) is 0 Å². The fraction of sp³-hybridized carbons (Fsp3) is 0.484. The molecule has 0 radical (unpaired) electrons. The number of carbonyl (C=O) groups excluding carboxylic acids is 2. The quantitative estimate of drug-likeness (QED) is 0.192. The zero-order valence-corrected chi connectivity index (χ0v) is 25.0. The zero-order chi connectivity index (χ0) is 27.8. The van der Waals surface area contributed by atoms with Gasteiger partial charge in [0.15, 0.2) is 5.78 Å². The van der Waals surface area contributed by atoms with Crippen molar-refractivity contribution in [1.29, 1.82) is 0 Å². The smallest absolute Gasteiger partial charge is 0.338 e. The SMILES string of the molecule is CCOC(=O)c1c(C)cc(C=CC(=O)c2cc(C)c(OCCN3CCOCC3)c(C)c2)c(OC(C)C)c1C.Cl. The van der Waals surface area contributed by atoms with E-state index in [1.165, 1.54) is 0 Å². The van der Waals surface area contributed by atoms with E-state index >= 15 is 0 Å². The zero-order valence-electron chi connectivity index (χ0n) is 24.2. The van der Waals surface area contributed by atoms with Crippen LogP contribution in [0.1, 0.15) is 69.3 Å². The predicted octanol–water partition coefficient (Wildman–Crippen LogP) is 5.91. The van der Waals surface area contributed by atoms with Crippen molar-refractivity contribution in [3.63, 3.8) is 0 Å². The van der Waals surface area contributed by atoms with Crippen molar-refractivity contribution in [3.05, 3.63) is 63.2 Å². The van der Waals surface area contributed by atoms with Gasteiger partial charge in [-0.1, -0.05) is 0 Å². The molecule has 1 saturated heterocycles. The number of morpholine rings is 1. The maximum absolute atomic E-state index is 13.2. The average molecular weight is 560 g/mol. The monoisotopic (exact) mass is 559 g/mol. The van der Waals surface area contributed by atoms with Gasteiger partial charge < -0.3 is 18.9 Å². The van der Waals surface area contributed by atoms with Gasteiger partial charge in [-0.25, -0.2) is 4.79 Å². The maximum atomic E-state index is 13.2. The summed E-state index contributed by atoms with van der Waals surface area (Å²) in [6.45, 7) is 18.4. The van der Waals surface area contributed by atoms with Gasteiger partial charge in [0, 0.05) is 36.3 Å². The molecule has 0 N–H and O–H groups in total. The Balaban J connectivity index is 0.00000533. The Bertz CT molecular complexity index is 1160. The summed E-state index contributed by atoms with van der Waals surface area (Å²) in [5, 5.41) is 0. The van der Waals surface area contributed by atoms with Crippen LogP contribution in [0, 0.1) is 27.7 Å². The van der Waals surface area contributed by atoms with E-state index in [2.05, 4.69) is 4.90 Å². The molecule has 0 aromatic heterocycles. The molecule has 0 bridgehead atoms. The second-order valence-electron chi connectivity index (χ2n) is 9.94.